The van der Waals surface area contributed by atoms with Crippen LogP contribution in [0.2, 0.25) is 0 Å². The number of methoxy groups -OCH3 is 2. The SMILES string of the molecule is COC(=O)N1c2c(OC)cccc2[C@]23C4C(=O)[C@H]5C[C@@]6(CCCN(C4=O)[C@@H]62)CC[C@]513. The second-order valence-corrected chi connectivity index (χ2v) is 9.95. The number of para-hydroxylation sites is 1. The Labute approximate surface area is 174 Å². The van der Waals surface area contributed by atoms with E-state index in [2.05, 4.69) is 0 Å². The van der Waals surface area contributed by atoms with Crippen LogP contribution in [0.1, 0.15) is 37.7 Å². The van der Waals surface area contributed by atoms with Gasteiger partial charge in [0.1, 0.15) is 11.7 Å². The molecule has 7 heteroatoms. The minimum Gasteiger partial charge on any atom is -0.495 e. The Bertz CT molecular complexity index is 1070. The summed E-state index contributed by atoms with van der Waals surface area (Å²) in [7, 11) is 2.98. The summed E-state index contributed by atoms with van der Waals surface area (Å²) < 4.78 is 11.0. The number of ether oxygens (including phenoxy) is 2. The maximum Gasteiger partial charge on any atom is 0.414 e. The van der Waals surface area contributed by atoms with Gasteiger partial charge in [-0.3, -0.25) is 14.5 Å². The number of piperidine rings is 1. The van der Waals surface area contributed by atoms with Crippen molar-refractivity contribution in [2.24, 2.45) is 17.3 Å². The van der Waals surface area contributed by atoms with Crippen LogP contribution in [-0.4, -0.2) is 55.0 Å². The molecule has 0 radical (unpaired) electrons. The number of fused-ring (bicyclic) bond motifs is 2. The van der Waals surface area contributed by atoms with Crippen LogP contribution < -0.4 is 9.64 Å². The quantitative estimate of drug-likeness (QED) is 0.667. The molecule has 156 valence electrons. The lowest BCUT2D eigenvalue weighted by atomic mass is 9.41. The molecule has 7 nitrogen and oxygen atoms in total. The van der Waals surface area contributed by atoms with E-state index >= 15 is 0 Å². The summed E-state index contributed by atoms with van der Waals surface area (Å²) in [4.78, 5) is 44.6. The number of hydrogen-bond acceptors (Lipinski definition) is 5. The van der Waals surface area contributed by atoms with Crippen molar-refractivity contribution in [3.63, 3.8) is 0 Å². The molecule has 1 unspecified atom stereocenters. The minimum atomic E-state index is -0.743. The second-order valence-electron chi connectivity index (χ2n) is 9.95. The van der Waals surface area contributed by atoms with Crippen molar-refractivity contribution in [2.45, 2.75) is 49.1 Å². The zero-order chi connectivity index (χ0) is 20.6. The van der Waals surface area contributed by atoms with Crippen LogP contribution in [0.15, 0.2) is 18.2 Å². The highest BCUT2D eigenvalue weighted by Crippen LogP contribution is 2.81. The number of carbonyl (C=O) groups excluding carboxylic acids is 3. The molecule has 4 aliphatic carbocycles. The Morgan fingerprint density at radius 3 is 2.77 bits per heavy atom. The van der Waals surface area contributed by atoms with Crippen molar-refractivity contribution in [3.8, 4) is 5.75 Å². The van der Waals surface area contributed by atoms with E-state index in [1.54, 1.807) is 12.0 Å². The number of Topliss-reactive ketones (excluding diaryl/α,β-unsaturated/α-hetero) is 1. The number of hydrogen-bond donors (Lipinski definition) is 0. The fourth-order valence-corrected chi connectivity index (χ4v) is 9.10. The van der Waals surface area contributed by atoms with Crippen molar-refractivity contribution in [3.05, 3.63) is 23.8 Å². The lowest BCUT2D eigenvalue weighted by Crippen LogP contribution is -2.76. The molecule has 3 heterocycles. The lowest BCUT2D eigenvalue weighted by molar-refractivity contribution is -0.153. The van der Waals surface area contributed by atoms with Crippen molar-refractivity contribution in [1.29, 1.82) is 0 Å². The number of carbonyl (C=O) groups is 3. The Hall–Kier alpha value is -2.57. The molecule has 4 bridgehead atoms. The molecule has 4 saturated carbocycles. The summed E-state index contributed by atoms with van der Waals surface area (Å²) in [6.07, 6.45) is 4.00. The van der Waals surface area contributed by atoms with Gasteiger partial charge in [0.15, 0.2) is 5.78 Å². The van der Waals surface area contributed by atoms with E-state index in [1.165, 1.54) is 7.11 Å². The first-order chi connectivity index (χ1) is 14.5. The molecule has 2 saturated heterocycles. The monoisotopic (exact) mass is 408 g/mol. The van der Waals surface area contributed by atoms with E-state index in [9.17, 15) is 14.4 Å². The number of benzene rings is 1. The molecule has 3 aliphatic heterocycles. The summed E-state index contributed by atoms with van der Waals surface area (Å²) in [5, 5.41) is 0. The average Bonchev–Trinajstić information content (AvgIpc) is 3.26. The van der Waals surface area contributed by atoms with Gasteiger partial charge in [0.25, 0.3) is 0 Å². The molecule has 1 aromatic carbocycles. The summed E-state index contributed by atoms with van der Waals surface area (Å²) in [5.41, 5.74) is 0.161. The zero-order valence-corrected chi connectivity index (χ0v) is 17.1. The third-order valence-electron chi connectivity index (χ3n) is 9.56. The van der Waals surface area contributed by atoms with Crippen LogP contribution in [0.5, 0.6) is 5.75 Å². The van der Waals surface area contributed by atoms with Gasteiger partial charge in [0.05, 0.1) is 36.9 Å². The smallest absolute Gasteiger partial charge is 0.414 e. The summed E-state index contributed by atoms with van der Waals surface area (Å²) in [5.74, 6) is -0.412. The molecule has 3 spiro atoms. The first kappa shape index (κ1) is 17.1. The molecular weight excluding hydrogens is 384 g/mol. The standard InChI is InChI=1S/C23H24N2O5/c1-29-14-6-3-5-12-16(14)25(20(28)30-2)22-9-8-21-7-4-10-24-18(27)15(17(26)13(22)11-21)23(12,22)19(21)24/h3,5-6,13,15,19H,4,7-11H2,1-2H3/t13-,15?,19+,21-,22-,23+/m1/s1. The highest BCUT2D eigenvalue weighted by Gasteiger charge is 2.91. The fourth-order valence-electron chi connectivity index (χ4n) is 9.10. The normalized spacial score (nSPS) is 43.7. The molecule has 8 rings (SSSR count). The second kappa shape index (κ2) is 4.84. The van der Waals surface area contributed by atoms with E-state index in [4.69, 9.17) is 9.47 Å². The molecule has 2 amide bonds. The molecule has 0 N–H and O–H groups in total. The summed E-state index contributed by atoms with van der Waals surface area (Å²) >= 11 is 0. The summed E-state index contributed by atoms with van der Waals surface area (Å²) in [6.45, 7) is 0.703. The molecule has 7 aliphatic rings. The molecule has 6 fully saturated rings. The maximum absolute atomic E-state index is 13.8. The Kier molecular flexibility index (Phi) is 2.77. The van der Waals surface area contributed by atoms with E-state index in [-0.39, 0.29) is 29.1 Å². The third-order valence-corrected chi connectivity index (χ3v) is 9.56. The van der Waals surface area contributed by atoms with Crippen molar-refractivity contribution in [2.75, 3.05) is 25.7 Å². The van der Waals surface area contributed by atoms with Crippen LogP contribution in [0.3, 0.4) is 0 Å². The fraction of sp³-hybridized carbons (Fsp3) is 0.609. The van der Waals surface area contributed by atoms with E-state index < -0.39 is 23.0 Å². The molecule has 0 aromatic heterocycles. The van der Waals surface area contributed by atoms with E-state index in [1.807, 2.05) is 23.1 Å². The predicted molar refractivity (Wildman–Crippen MR) is 105 cm³/mol. The zero-order valence-electron chi connectivity index (χ0n) is 17.1. The maximum atomic E-state index is 13.8. The van der Waals surface area contributed by atoms with Crippen molar-refractivity contribution < 1.29 is 23.9 Å². The van der Waals surface area contributed by atoms with Crippen LogP contribution in [0.4, 0.5) is 10.5 Å². The first-order valence-corrected chi connectivity index (χ1v) is 10.9. The topological polar surface area (TPSA) is 76.2 Å². The largest absolute Gasteiger partial charge is 0.495 e. The van der Waals surface area contributed by atoms with E-state index in [0.29, 0.717) is 18.0 Å². The van der Waals surface area contributed by atoms with Crippen LogP contribution >= 0.6 is 0 Å². The highest BCUT2D eigenvalue weighted by atomic mass is 16.5. The number of nitrogens with zero attached hydrogens (tertiary/aromatic N) is 2. The van der Waals surface area contributed by atoms with Gasteiger partial charge in [-0.1, -0.05) is 12.1 Å². The van der Waals surface area contributed by atoms with Crippen LogP contribution in [0, 0.1) is 17.3 Å². The molecule has 6 atom stereocenters. The van der Waals surface area contributed by atoms with Crippen molar-refractivity contribution in [1.82, 2.24) is 4.90 Å². The Morgan fingerprint density at radius 1 is 1.17 bits per heavy atom. The molecule has 1 aromatic rings. The average molecular weight is 408 g/mol. The third kappa shape index (κ3) is 1.32. The van der Waals surface area contributed by atoms with Gasteiger partial charge in [-0.25, -0.2) is 4.79 Å². The first-order valence-electron chi connectivity index (χ1n) is 10.9. The van der Waals surface area contributed by atoms with Crippen LogP contribution in [0.25, 0.3) is 0 Å². The summed E-state index contributed by atoms with van der Waals surface area (Å²) in [6, 6.07) is 5.76. The number of ketones is 1. The number of anilines is 1. The van der Waals surface area contributed by atoms with Gasteiger partial charge in [-0.05, 0) is 49.1 Å². The number of rotatable bonds is 1. The van der Waals surface area contributed by atoms with Gasteiger partial charge in [0, 0.05) is 12.5 Å². The van der Waals surface area contributed by atoms with Gasteiger partial charge >= 0.3 is 6.09 Å². The van der Waals surface area contributed by atoms with Gasteiger partial charge in [-0.2, -0.15) is 0 Å². The van der Waals surface area contributed by atoms with Gasteiger partial charge < -0.3 is 14.4 Å². The Balaban J connectivity index is 1.65. The number of amides is 2. The van der Waals surface area contributed by atoms with E-state index in [0.717, 1.165) is 37.7 Å². The Morgan fingerprint density at radius 2 is 2.00 bits per heavy atom. The van der Waals surface area contributed by atoms with Crippen molar-refractivity contribution >= 4 is 23.5 Å². The minimum absolute atomic E-state index is 0.0250. The van der Waals surface area contributed by atoms with Gasteiger partial charge in [-0.15, -0.1) is 0 Å². The lowest BCUT2D eigenvalue weighted by Gasteiger charge is -2.67. The van der Waals surface area contributed by atoms with Gasteiger partial charge in [0.2, 0.25) is 5.91 Å². The van der Waals surface area contributed by atoms with Crippen LogP contribution in [-0.2, 0) is 19.7 Å². The predicted octanol–water partition coefficient (Wildman–Crippen LogP) is 2.26. The highest BCUT2D eigenvalue weighted by molar-refractivity contribution is 6.15. The molecule has 30 heavy (non-hydrogen) atoms. The molecular formula is C23H24N2O5.